The summed E-state index contributed by atoms with van der Waals surface area (Å²) in [5, 5.41) is 118. The van der Waals surface area contributed by atoms with Crippen LogP contribution in [0, 0.1) is 10.1 Å². The lowest BCUT2D eigenvalue weighted by atomic mass is 10.1. The zero-order valence-electron chi connectivity index (χ0n) is 32.5. The van der Waals surface area contributed by atoms with E-state index in [9.17, 15) is 61.3 Å². The summed E-state index contributed by atoms with van der Waals surface area (Å²) in [7, 11) is -10.6. The first kappa shape index (κ1) is 51.0. The first-order chi connectivity index (χ1) is 32.3. The summed E-state index contributed by atoms with van der Waals surface area (Å²) in [6, 6.07) is 11.1. The maximum Gasteiger partial charge on any atom is 0.354 e. The number of aliphatic carboxylic acids is 1. The predicted octanol–water partition coefficient (Wildman–Crippen LogP) is 7.50. The normalized spacial score (nSPS) is 15.6. The summed E-state index contributed by atoms with van der Waals surface area (Å²) in [5.41, 5.74) is -4.18. The number of nitro benzene ring substituents is 1. The van der Waals surface area contributed by atoms with Crippen molar-refractivity contribution in [1.82, 2.24) is 0 Å². The zero-order chi connectivity index (χ0) is 49.5. The lowest BCUT2D eigenvalue weighted by molar-refractivity contribution is -0.432. The van der Waals surface area contributed by atoms with Crippen LogP contribution in [0.15, 0.2) is 133 Å². The molecule has 0 spiro atoms. The van der Waals surface area contributed by atoms with Crippen molar-refractivity contribution in [2.75, 3.05) is 5.01 Å². The van der Waals surface area contributed by atoms with Gasteiger partial charge in [-0.15, -0.1) is 33.5 Å². The van der Waals surface area contributed by atoms with E-state index in [4.69, 9.17) is 15.8 Å². The Morgan fingerprint density at radius 1 is 0.721 bits per heavy atom. The first-order valence-electron chi connectivity index (χ1n) is 17.3. The Kier molecular flexibility index (Phi) is 16.3. The van der Waals surface area contributed by atoms with Crippen LogP contribution in [-0.2, 0) is 53.1 Å². The SMILES string of the molecule is O=C(O)C1=NN(c2ccc(SOOO)cc2)C(O)C1N=Nc1ccc(N=Nc2c(SOOO)cc3cc(S(=O)(=O)O)c(N=Nc4ccc([N+](=O)[O-])cc4SOOO)c(O)c3c2O)c(S(=O)(=O)O)c1. The number of hydrogen-bond acceptors (Lipinski definition) is 30. The summed E-state index contributed by atoms with van der Waals surface area (Å²) in [5.74, 6) is -3.92. The molecular formula is C32H23N9O22S5. The maximum atomic E-state index is 12.6. The van der Waals surface area contributed by atoms with Gasteiger partial charge >= 0.3 is 5.97 Å². The van der Waals surface area contributed by atoms with Gasteiger partial charge in [0.2, 0.25) is 0 Å². The number of phenolic OH excluding ortho intramolecular Hbond substituents is 2. The van der Waals surface area contributed by atoms with Crippen LogP contribution in [0.1, 0.15) is 0 Å². The Balaban J connectivity index is 1.39. The fourth-order valence-corrected chi connectivity index (χ4v) is 8.31. The van der Waals surface area contributed by atoms with E-state index in [1.165, 1.54) is 24.3 Å². The van der Waals surface area contributed by atoms with Crippen molar-refractivity contribution in [3.05, 3.63) is 82.9 Å². The number of rotatable bonds is 20. The molecule has 0 saturated heterocycles. The number of aliphatic hydroxyl groups excluding tert-OH is 1. The third-order valence-corrected chi connectivity index (χ3v) is 12.1. The van der Waals surface area contributed by atoms with Crippen molar-refractivity contribution in [2.45, 2.75) is 36.7 Å². The van der Waals surface area contributed by atoms with Gasteiger partial charge in [-0.3, -0.25) is 19.2 Å². The van der Waals surface area contributed by atoms with Crippen LogP contribution in [0.25, 0.3) is 10.8 Å². The van der Waals surface area contributed by atoms with Gasteiger partial charge < -0.3 is 20.4 Å². The van der Waals surface area contributed by atoms with Crippen molar-refractivity contribution in [2.24, 2.45) is 35.8 Å². The van der Waals surface area contributed by atoms with Crippen LogP contribution in [0.4, 0.5) is 39.8 Å². The van der Waals surface area contributed by atoms with Crippen molar-refractivity contribution >= 4 is 119 Å². The Morgan fingerprint density at radius 2 is 1.31 bits per heavy atom. The second-order valence-corrected chi connectivity index (χ2v) is 17.6. The number of hydrogen-bond donors (Lipinski definition) is 9. The second kappa shape index (κ2) is 21.7. The molecule has 0 saturated carbocycles. The summed E-state index contributed by atoms with van der Waals surface area (Å²) in [6.07, 6.45) is -1.77. The second-order valence-electron chi connectivity index (χ2n) is 12.5. The van der Waals surface area contributed by atoms with E-state index in [2.05, 4.69) is 63.9 Å². The molecule has 1 aliphatic rings. The standard InChI is InChI=1S/C32H23N9O22S5/c42-29-24-13(10-23(68(55,56)57)26(30(24)43)37-34-18-8-4-16(41(47)48)12-20(18)65-62-59-50)9-21(66-63-60-51)25(29)36-35-19-7-1-14(11-22(19)67(52,53)54)33-38-27-28(32(45)46)39-40(31(27)44)15-2-5-17(6-3-15)64-61-58-49/h1-12,27,31,42-44,49-51H,(H,45,46)(H,52,53,54)(H,55,56,57). The van der Waals surface area contributed by atoms with Crippen LogP contribution in [0.3, 0.4) is 0 Å². The number of nitro groups is 1. The largest absolute Gasteiger partial charge is 0.505 e. The maximum absolute atomic E-state index is 12.6. The van der Waals surface area contributed by atoms with Crippen molar-refractivity contribution < 1.29 is 100.0 Å². The highest BCUT2D eigenvalue weighted by Crippen LogP contribution is 2.51. The lowest BCUT2D eigenvalue weighted by Crippen LogP contribution is -2.37. The van der Waals surface area contributed by atoms with Crippen molar-refractivity contribution in [3.63, 3.8) is 0 Å². The topological polar surface area (TPSA) is 456 Å². The van der Waals surface area contributed by atoms with Gasteiger partial charge in [0.1, 0.15) is 32.5 Å². The number of phenols is 2. The molecule has 6 rings (SSSR count). The molecule has 2 atom stereocenters. The molecule has 9 N–H and O–H groups in total. The minimum atomic E-state index is -5.32. The van der Waals surface area contributed by atoms with Crippen LogP contribution in [-0.4, -0.2) is 91.0 Å². The summed E-state index contributed by atoms with van der Waals surface area (Å²) in [6.45, 7) is 0. The van der Waals surface area contributed by atoms with E-state index in [1.807, 2.05) is 0 Å². The molecule has 36 heteroatoms. The Bertz CT molecular complexity index is 3130. The molecule has 5 aromatic rings. The quantitative estimate of drug-likeness (QED) is 0.00909. The Hall–Kier alpha value is -6.43. The number of benzene rings is 5. The number of azo groups is 3. The molecule has 31 nitrogen and oxygen atoms in total. The minimum Gasteiger partial charge on any atom is -0.505 e. The van der Waals surface area contributed by atoms with Crippen LogP contribution in [0.5, 0.6) is 11.5 Å². The fourth-order valence-electron chi connectivity index (χ4n) is 5.69. The van der Waals surface area contributed by atoms with Crippen LogP contribution in [0.2, 0.25) is 0 Å². The fraction of sp³-hybridized carbons (Fsp3) is 0.0625. The van der Waals surface area contributed by atoms with E-state index in [0.29, 0.717) is 29.1 Å². The first-order valence-corrected chi connectivity index (χ1v) is 22.4. The zero-order valence-corrected chi connectivity index (χ0v) is 36.6. The molecule has 358 valence electrons. The molecule has 2 unspecified atom stereocenters. The van der Waals surface area contributed by atoms with Gasteiger partial charge in [-0.25, -0.2) is 25.6 Å². The third kappa shape index (κ3) is 11.6. The number of non-ortho nitro benzene ring substituents is 1. The average Bonchev–Trinajstić information content (AvgIpc) is 3.63. The van der Waals surface area contributed by atoms with Crippen molar-refractivity contribution in [3.8, 4) is 11.5 Å². The number of carboxylic acids is 1. The number of fused-ring (bicyclic) bond motifs is 1. The molecule has 0 fully saturated rings. The van der Waals surface area contributed by atoms with E-state index in [1.54, 1.807) is 0 Å². The number of aromatic hydroxyl groups is 2. The van der Waals surface area contributed by atoms with Gasteiger partial charge in [0.25, 0.3) is 25.9 Å². The van der Waals surface area contributed by atoms with Gasteiger partial charge in [-0.05, 0) is 66.0 Å². The predicted molar refractivity (Wildman–Crippen MR) is 225 cm³/mol. The number of aliphatic hydroxyl groups is 1. The molecule has 1 aliphatic heterocycles. The Morgan fingerprint density at radius 3 is 1.93 bits per heavy atom. The Labute approximate surface area is 389 Å². The smallest absolute Gasteiger partial charge is 0.354 e. The number of nitrogens with zero attached hydrogens (tertiary/aromatic N) is 9. The van der Waals surface area contributed by atoms with Gasteiger partial charge in [0, 0.05) is 17.0 Å². The molecule has 0 aliphatic carbocycles. The molecule has 1 heterocycles. The van der Waals surface area contributed by atoms with E-state index < -0.39 is 109 Å². The summed E-state index contributed by atoms with van der Waals surface area (Å²) in [4.78, 5) is 20.1. The van der Waals surface area contributed by atoms with E-state index >= 15 is 0 Å². The number of carboxylic acid groups (broad SMARTS) is 1. The van der Waals surface area contributed by atoms with E-state index in [0.717, 1.165) is 41.4 Å². The minimum absolute atomic E-state index is 0.0876. The highest BCUT2D eigenvalue weighted by Gasteiger charge is 2.41. The average molecular weight is 1050 g/mol. The highest BCUT2D eigenvalue weighted by atomic mass is 32.2. The number of anilines is 1. The number of carbonyl (C=O) groups is 1. The molecule has 68 heavy (non-hydrogen) atoms. The van der Waals surface area contributed by atoms with Gasteiger partial charge in [0.05, 0.1) is 67.6 Å². The molecule has 0 amide bonds. The number of hydrazone groups is 1. The van der Waals surface area contributed by atoms with E-state index in [-0.39, 0.29) is 46.0 Å². The van der Waals surface area contributed by atoms with Gasteiger partial charge in [-0.1, -0.05) is 15.1 Å². The summed E-state index contributed by atoms with van der Waals surface area (Å²) < 4.78 is 83.6. The van der Waals surface area contributed by atoms with Crippen molar-refractivity contribution in [1.29, 1.82) is 0 Å². The van der Waals surface area contributed by atoms with Gasteiger partial charge in [0.15, 0.2) is 29.5 Å². The monoisotopic (exact) mass is 1040 g/mol. The molecule has 0 aromatic heterocycles. The highest BCUT2D eigenvalue weighted by molar-refractivity contribution is 7.95. The van der Waals surface area contributed by atoms with Crippen LogP contribution >= 0.6 is 36.1 Å². The molecule has 0 radical (unpaired) electrons. The molecule has 0 bridgehead atoms. The van der Waals surface area contributed by atoms with Gasteiger partial charge in [-0.2, -0.15) is 32.2 Å². The summed E-state index contributed by atoms with van der Waals surface area (Å²) >= 11 is 0.890. The third-order valence-electron chi connectivity index (χ3n) is 8.54. The molecule has 5 aromatic carbocycles. The molecular weight excluding hydrogens is 1020 g/mol. The van der Waals surface area contributed by atoms with Crippen LogP contribution < -0.4 is 5.01 Å². The lowest BCUT2D eigenvalue weighted by Gasteiger charge is -2.20.